The average Bonchev–Trinajstić information content (AvgIpc) is 2.30. The highest BCUT2D eigenvalue weighted by atomic mass is 19.1. The summed E-state index contributed by atoms with van der Waals surface area (Å²) in [5.74, 6) is -0.619. The number of hydrogen-bond acceptors (Lipinski definition) is 1. The smallest absolute Gasteiger partial charge is 0.170 e. The van der Waals surface area contributed by atoms with E-state index in [1.807, 2.05) is 32.9 Å². The first-order valence-corrected chi connectivity index (χ1v) is 6.32. The van der Waals surface area contributed by atoms with Crippen molar-refractivity contribution in [1.29, 1.82) is 0 Å². The summed E-state index contributed by atoms with van der Waals surface area (Å²) in [5.41, 5.74) is 4.24. The number of rotatable bonds is 3. The van der Waals surface area contributed by atoms with Crippen molar-refractivity contribution in [2.45, 2.75) is 27.2 Å². The Morgan fingerprint density at radius 3 is 2.21 bits per heavy atom. The second-order valence-corrected chi connectivity index (χ2v) is 5.08. The van der Waals surface area contributed by atoms with Gasteiger partial charge in [-0.05, 0) is 38.5 Å². The van der Waals surface area contributed by atoms with Crippen LogP contribution in [0.3, 0.4) is 0 Å². The van der Waals surface area contributed by atoms with Gasteiger partial charge < -0.3 is 0 Å². The Bertz CT molecular complexity index is 609. The molecule has 0 aliphatic rings. The Morgan fingerprint density at radius 1 is 0.947 bits per heavy atom. The van der Waals surface area contributed by atoms with E-state index in [1.165, 1.54) is 6.07 Å². The summed E-state index contributed by atoms with van der Waals surface area (Å²) in [4.78, 5) is 12.2. The molecule has 2 aromatic rings. The second kappa shape index (κ2) is 5.35. The minimum atomic E-state index is -0.444. The van der Waals surface area contributed by atoms with Crippen molar-refractivity contribution in [2.24, 2.45) is 0 Å². The van der Waals surface area contributed by atoms with Crippen molar-refractivity contribution in [3.8, 4) is 0 Å². The maximum absolute atomic E-state index is 13.7. The lowest BCUT2D eigenvalue weighted by Crippen LogP contribution is -2.07. The third kappa shape index (κ3) is 3.28. The van der Waals surface area contributed by atoms with Crippen molar-refractivity contribution in [2.75, 3.05) is 0 Å². The lowest BCUT2D eigenvalue weighted by atomic mass is 9.98. The molecule has 0 saturated carbocycles. The highest BCUT2D eigenvalue weighted by Crippen LogP contribution is 2.15. The first-order chi connectivity index (χ1) is 8.95. The molecule has 2 aromatic carbocycles. The standard InChI is InChI=1S/C17H17FO/c1-11-4-5-16(18)15(9-11)17(19)10-14-7-12(2)6-13(3)8-14/h4-9H,10H2,1-3H3. The Hall–Kier alpha value is -1.96. The zero-order valence-corrected chi connectivity index (χ0v) is 11.5. The maximum Gasteiger partial charge on any atom is 0.170 e. The van der Waals surface area contributed by atoms with Gasteiger partial charge in [-0.25, -0.2) is 4.39 Å². The minimum absolute atomic E-state index is 0.175. The molecule has 0 unspecified atom stereocenters. The second-order valence-electron chi connectivity index (χ2n) is 5.08. The zero-order chi connectivity index (χ0) is 14.0. The minimum Gasteiger partial charge on any atom is -0.294 e. The molecule has 0 N–H and O–H groups in total. The molecule has 0 bridgehead atoms. The highest BCUT2D eigenvalue weighted by Gasteiger charge is 2.12. The first-order valence-electron chi connectivity index (χ1n) is 6.32. The van der Waals surface area contributed by atoms with Crippen LogP contribution in [0, 0.1) is 26.6 Å². The molecular weight excluding hydrogens is 239 g/mol. The molecule has 0 fully saturated rings. The Balaban J connectivity index is 2.28. The van der Waals surface area contributed by atoms with E-state index in [4.69, 9.17) is 0 Å². The fraction of sp³-hybridized carbons (Fsp3) is 0.235. The predicted molar refractivity (Wildman–Crippen MR) is 75.1 cm³/mol. The Kier molecular flexibility index (Phi) is 3.79. The largest absolute Gasteiger partial charge is 0.294 e. The van der Waals surface area contributed by atoms with Crippen LogP contribution in [0.15, 0.2) is 36.4 Å². The van der Waals surface area contributed by atoms with Crippen molar-refractivity contribution < 1.29 is 9.18 Å². The normalized spacial score (nSPS) is 10.5. The van der Waals surface area contributed by atoms with Gasteiger partial charge in [0.2, 0.25) is 0 Å². The molecule has 0 atom stereocenters. The van der Waals surface area contributed by atoms with Gasteiger partial charge in [0.05, 0.1) is 5.56 Å². The molecule has 19 heavy (non-hydrogen) atoms. The number of carbonyl (C=O) groups excluding carboxylic acids is 1. The van der Waals surface area contributed by atoms with Crippen LogP contribution < -0.4 is 0 Å². The summed E-state index contributed by atoms with van der Waals surface area (Å²) in [6.07, 6.45) is 0.239. The van der Waals surface area contributed by atoms with Crippen LogP contribution in [0.1, 0.15) is 32.6 Å². The highest BCUT2D eigenvalue weighted by molar-refractivity contribution is 5.97. The summed E-state index contributed by atoms with van der Waals surface area (Å²) in [6.45, 7) is 5.84. The summed E-state index contributed by atoms with van der Waals surface area (Å²) in [7, 11) is 0. The third-order valence-electron chi connectivity index (χ3n) is 3.07. The van der Waals surface area contributed by atoms with E-state index in [1.54, 1.807) is 12.1 Å². The van der Waals surface area contributed by atoms with Gasteiger partial charge in [0, 0.05) is 6.42 Å². The van der Waals surface area contributed by atoms with Crippen LogP contribution in [0.2, 0.25) is 0 Å². The van der Waals surface area contributed by atoms with Crippen molar-refractivity contribution >= 4 is 5.78 Å². The van der Waals surface area contributed by atoms with Crippen LogP contribution >= 0.6 is 0 Å². The number of carbonyl (C=O) groups is 1. The number of halogens is 1. The molecular formula is C17H17FO. The van der Waals surface area contributed by atoms with Crippen LogP contribution in [-0.2, 0) is 6.42 Å². The molecule has 0 heterocycles. The molecule has 0 radical (unpaired) electrons. The van der Waals surface area contributed by atoms with Gasteiger partial charge in [-0.3, -0.25) is 4.79 Å². The van der Waals surface area contributed by atoms with Gasteiger partial charge in [-0.2, -0.15) is 0 Å². The maximum atomic E-state index is 13.7. The molecule has 1 nitrogen and oxygen atoms in total. The van der Waals surface area contributed by atoms with Gasteiger partial charge in [-0.1, -0.05) is 41.0 Å². The first kappa shape index (κ1) is 13.5. The van der Waals surface area contributed by atoms with Crippen molar-refractivity contribution in [3.63, 3.8) is 0 Å². The molecule has 2 rings (SSSR count). The Morgan fingerprint density at radius 2 is 1.58 bits per heavy atom. The van der Waals surface area contributed by atoms with Crippen molar-refractivity contribution in [3.05, 3.63) is 70.0 Å². The van der Waals surface area contributed by atoms with E-state index in [-0.39, 0.29) is 17.8 Å². The zero-order valence-electron chi connectivity index (χ0n) is 11.5. The fourth-order valence-electron chi connectivity index (χ4n) is 2.30. The van der Waals surface area contributed by atoms with Gasteiger partial charge in [0.1, 0.15) is 5.82 Å². The van der Waals surface area contributed by atoms with Gasteiger partial charge in [0.25, 0.3) is 0 Å². The van der Waals surface area contributed by atoms with E-state index in [0.29, 0.717) is 0 Å². The summed E-state index contributed by atoms with van der Waals surface area (Å²) >= 11 is 0. The van der Waals surface area contributed by atoms with E-state index in [2.05, 4.69) is 6.07 Å². The summed E-state index contributed by atoms with van der Waals surface area (Å²) < 4.78 is 13.7. The van der Waals surface area contributed by atoms with Crippen LogP contribution in [0.4, 0.5) is 4.39 Å². The van der Waals surface area contributed by atoms with Crippen LogP contribution in [0.5, 0.6) is 0 Å². The molecule has 0 aromatic heterocycles. The number of aryl methyl sites for hydroxylation is 3. The molecule has 0 spiro atoms. The topological polar surface area (TPSA) is 17.1 Å². The average molecular weight is 256 g/mol. The summed E-state index contributed by atoms with van der Waals surface area (Å²) in [5, 5.41) is 0. The molecule has 98 valence electrons. The van der Waals surface area contributed by atoms with Gasteiger partial charge >= 0.3 is 0 Å². The number of hydrogen-bond donors (Lipinski definition) is 0. The van der Waals surface area contributed by atoms with Crippen LogP contribution in [0.25, 0.3) is 0 Å². The van der Waals surface area contributed by atoms with Gasteiger partial charge in [-0.15, -0.1) is 0 Å². The van der Waals surface area contributed by atoms with Crippen molar-refractivity contribution in [1.82, 2.24) is 0 Å². The van der Waals surface area contributed by atoms with E-state index in [0.717, 1.165) is 22.3 Å². The molecule has 0 amide bonds. The molecule has 0 aliphatic carbocycles. The molecule has 0 saturated heterocycles. The van der Waals surface area contributed by atoms with Gasteiger partial charge in [0.15, 0.2) is 5.78 Å². The monoisotopic (exact) mass is 256 g/mol. The third-order valence-corrected chi connectivity index (χ3v) is 3.07. The fourth-order valence-corrected chi connectivity index (χ4v) is 2.30. The van der Waals surface area contributed by atoms with Crippen LogP contribution in [-0.4, -0.2) is 5.78 Å². The number of Topliss-reactive ketones (excluding diaryl/α,β-unsaturated/α-hetero) is 1. The number of benzene rings is 2. The summed E-state index contributed by atoms with van der Waals surface area (Å²) in [6, 6.07) is 10.6. The van der Waals surface area contributed by atoms with E-state index >= 15 is 0 Å². The predicted octanol–water partition coefficient (Wildman–Crippen LogP) is 4.18. The van der Waals surface area contributed by atoms with E-state index in [9.17, 15) is 9.18 Å². The molecule has 0 aliphatic heterocycles. The SMILES string of the molecule is Cc1cc(C)cc(CC(=O)c2cc(C)ccc2F)c1. The van der Waals surface area contributed by atoms with E-state index < -0.39 is 5.82 Å². The molecule has 2 heteroatoms. The quantitative estimate of drug-likeness (QED) is 0.753. The lowest BCUT2D eigenvalue weighted by Gasteiger charge is -2.06. The number of ketones is 1. The lowest BCUT2D eigenvalue weighted by molar-refractivity contribution is 0.0989. The Labute approximate surface area is 113 Å².